The van der Waals surface area contributed by atoms with Gasteiger partial charge in [-0.15, -0.1) is 11.3 Å². The van der Waals surface area contributed by atoms with Gasteiger partial charge in [0.25, 0.3) is 0 Å². The Balaban J connectivity index is 2.76. The molecule has 0 aromatic carbocycles. The minimum Gasteiger partial charge on any atom is -0.350 e. The Hall–Kier alpha value is -0.660. The first-order valence-corrected chi connectivity index (χ1v) is 8.77. The molecule has 0 spiro atoms. The van der Waals surface area contributed by atoms with Gasteiger partial charge in [-0.05, 0) is 13.5 Å². The van der Waals surface area contributed by atoms with Crippen LogP contribution in [0.3, 0.4) is 0 Å². The number of nitrogens with one attached hydrogen (secondary N) is 1. The summed E-state index contributed by atoms with van der Waals surface area (Å²) < 4.78 is 22.3. The summed E-state index contributed by atoms with van der Waals surface area (Å²) in [6.45, 7) is 3.36. The van der Waals surface area contributed by atoms with Gasteiger partial charge in [-0.1, -0.05) is 6.92 Å². The quantitative estimate of drug-likeness (QED) is 0.809. The highest BCUT2D eigenvalue weighted by Gasteiger charge is 2.13. The summed E-state index contributed by atoms with van der Waals surface area (Å²) in [5, 5.41) is 4.01. The SMILES string of the molecule is CCc1nc(N(C)CCS(C)(=O)=O)sc1CNC. The summed E-state index contributed by atoms with van der Waals surface area (Å²) in [5.74, 6) is 0.159. The lowest BCUT2D eigenvalue weighted by Gasteiger charge is -2.14. The lowest BCUT2D eigenvalue weighted by atomic mass is 10.3. The van der Waals surface area contributed by atoms with Crippen molar-refractivity contribution in [2.75, 3.05) is 37.5 Å². The highest BCUT2D eigenvalue weighted by molar-refractivity contribution is 7.90. The van der Waals surface area contributed by atoms with Crippen molar-refractivity contribution in [3.8, 4) is 0 Å². The molecule has 1 rings (SSSR count). The molecule has 1 aromatic rings. The molecule has 1 N–H and O–H groups in total. The van der Waals surface area contributed by atoms with Crippen molar-refractivity contribution in [2.45, 2.75) is 19.9 Å². The molecular weight excluding hydrogens is 270 g/mol. The van der Waals surface area contributed by atoms with Crippen LogP contribution in [0.1, 0.15) is 17.5 Å². The van der Waals surface area contributed by atoms with Crippen LogP contribution in [0.5, 0.6) is 0 Å². The second-order valence-corrected chi connectivity index (χ2v) is 7.62. The first-order valence-electron chi connectivity index (χ1n) is 5.89. The normalized spacial score (nSPS) is 11.8. The first kappa shape index (κ1) is 15.4. The molecule has 0 aliphatic carbocycles. The molecular formula is C11H21N3O2S2. The third-order valence-electron chi connectivity index (χ3n) is 2.56. The third kappa shape index (κ3) is 4.55. The maximum Gasteiger partial charge on any atom is 0.185 e. The Kier molecular flexibility index (Phi) is 5.55. The zero-order chi connectivity index (χ0) is 13.8. The molecule has 0 unspecified atom stereocenters. The fourth-order valence-corrected chi connectivity index (χ4v) is 3.26. The average molecular weight is 291 g/mol. The Labute approximate surface area is 113 Å². The predicted octanol–water partition coefficient (Wildman–Crippen LogP) is 0.906. The molecule has 5 nitrogen and oxygen atoms in total. The Bertz CT molecular complexity index is 482. The van der Waals surface area contributed by atoms with Crippen LogP contribution in [0.15, 0.2) is 0 Å². The van der Waals surface area contributed by atoms with Gasteiger partial charge in [-0.25, -0.2) is 13.4 Å². The van der Waals surface area contributed by atoms with Crippen molar-refractivity contribution in [3.05, 3.63) is 10.6 Å². The van der Waals surface area contributed by atoms with Gasteiger partial charge in [-0.3, -0.25) is 0 Å². The van der Waals surface area contributed by atoms with Crippen molar-refractivity contribution in [1.29, 1.82) is 0 Å². The molecule has 0 saturated heterocycles. The number of aryl methyl sites for hydroxylation is 1. The van der Waals surface area contributed by atoms with Crippen LogP contribution in [0.4, 0.5) is 5.13 Å². The van der Waals surface area contributed by atoms with Gasteiger partial charge >= 0.3 is 0 Å². The molecule has 104 valence electrons. The molecule has 0 aliphatic rings. The summed E-state index contributed by atoms with van der Waals surface area (Å²) >= 11 is 1.62. The highest BCUT2D eigenvalue weighted by atomic mass is 32.2. The molecule has 0 amide bonds. The maximum absolute atomic E-state index is 11.1. The standard InChI is InChI=1S/C11H21N3O2S2/c1-5-9-10(8-12-2)17-11(13-9)14(3)6-7-18(4,15)16/h12H,5-8H2,1-4H3. The minimum absolute atomic E-state index is 0.159. The molecule has 1 heterocycles. The number of nitrogens with zero attached hydrogens (tertiary/aromatic N) is 2. The topological polar surface area (TPSA) is 62.3 Å². The fraction of sp³-hybridized carbons (Fsp3) is 0.727. The van der Waals surface area contributed by atoms with Gasteiger partial charge in [0, 0.05) is 31.3 Å². The van der Waals surface area contributed by atoms with E-state index in [-0.39, 0.29) is 5.75 Å². The second kappa shape index (κ2) is 6.49. The van der Waals surface area contributed by atoms with Crippen LogP contribution in [0.25, 0.3) is 0 Å². The van der Waals surface area contributed by atoms with E-state index in [1.807, 2.05) is 19.0 Å². The van der Waals surface area contributed by atoms with Crippen LogP contribution < -0.4 is 10.2 Å². The van der Waals surface area contributed by atoms with Gasteiger partial charge in [0.05, 0.1) is 11.4 Å². The molecule has 1 aromatic heterocycles. The van der Waals surface area contributed by atoms with Gasteiger partial charge < -0.3 is 10.2 Å². The molecule has 0 radical (unpaired) electrons. The average Bonchev–Trinajstić information content (AvgIpc) is 2.69. The Morgan fingerprint density at radius 1 is 1.44 bits per heavy atom. The van der Waals surface area contributed by atoms with E-state index in [0.29, 0.717) is 6.54 Å². The van der Waals surface area contributed by atoms with Crippen molar-refractivity contribution in [3.63, 3.8) is 0 Å². The summed E-state index contributed by atoms with van der Waals surface area (Å²) in [6.07, 6.45) is 2.15. The van der Waals surface area contributed by atoms with Crippen LogP contribution in [0, 0.1) is 0 Å². The van der Waals surface area contributed by atoms with E-state index in [2.05, 4.69) is 17.2 Å². The van der Waals surface area contributed by atoms with Crippen LogP contribution in [-0.4, -0.2) is 46.1 Å². The first-order chi connectivity index (χ1) is 8.37. The van der Waals surface area contributed by atoms with E-state index < -0.39 is 9.84 Å². The Morgan fingerprint density at radius 3 is 2.61 bits per heavy atom. The van der Waals surface area contributed by atoms with Gasteiger partial charge in [0.2, 0.25) is 0 Å². The molecule has 18 heavy (non-hydrogen) atoms. The van der Waals surface area contributed by atoms with E-state index in [1.165, 1.54) is 11.1 Å². The zero-order valence-electron chi connectivity index (χ0n) is 11.4. The lowest BCUT2D eigenvalue weighted by Crippen LogP contribution is -2.24. The summed E-state index contributed by atoms with van der Waals surface area (Å²) in [7, 11) is 0.867. The maximum atomic E-state index is 11.1. The van der Waals surface area contributed by atoms with E-state index in [9.17, 15) is 8.42 Å². The molecule has 7 heteroatoms. The van der Waals surface area contributed by atoms with Gasteiger partial charge in [-0.2, -0.15) is 0 Å². The number of anilines is 1. The number of sulfone groups is 1. The summed E-state index contributed by atoms with van der Waals surface area (Å²) in [5.41, 5.74) is 1.09. The number of hydrogen-bond acceptors (Lipinski definition) is 6. The van der Waals surface area contributed by atoms with E-state index >= 15 is 0 Å². The monoisotopic (exact) mass is 291 g/mol. The van der Waals surface area contributed by atoms with Gasteiger partial charge in [0.1, 0.15) is 9.84 Å². The van der Waals surface area contributed by atoms with Crippen LogP contribution in [0.2, 0.25) is 0 Å². The van der Waals surface area contributed by atoms with Crippen molar-refractivity contribution in [2.24, 2.45) is 0 Å². The second-order valence-electron chi connectivity index (χ2n) is 4.30. The molecule has 0 bridgehead atoms. The van der Waals surface area contributed by atoms with E-state index in [0.717, 1.165) is 23.8 Å². The van der Waals surface area contributed by atoms with Crippen LogP contribution in [-0.2, 0) is 22.8 Å². The lowest BCUT2D eigenvalue weighted by molar-refractivity contribution is 0.601. The number of thiazole rings is 1. The van der Waals surface area contributed by atoms with Crippen molar-refractivity contribution < 1.29 is 8.42 Å². The Morgan fingerprint density at radius 2 is 2.11 bits per heavy atom. The fourth-order valence-electron chi connectivity index (χ4n) is 1.51. The highest BCUT2D eigenvalue weighted by Crippen LogP contribution is 2.25. The molecule has 0 saturated carbocycles. The number of rotatable bonds is 7. The third-order valence-corrected chi connectivity index (χ3v) is 4.70. The number of hydrogen-bond donors (Lipinski definition) is 1. The molecule has 0 atom stereocenters. The molecule has 0 fully saturated rings. The summed E-state index contributed by atoms with van der Waals surface area (Å²) in [4.78, 5) is 7.69. The minimum atomic E-state index is -2.92. The molecule has 0 aliphatic heterocycles. The zero-order valence-corrected chi connectivity index (χ0v) is 13.0. The predicted molar refractivity (Wildman–Crippen MR) is 77.2 cm³/mol. The van der Waals surface area contributed by atoms with Gasteiger partial charge in [0.15, 0.2) is 5.13 Å². The summed E-state index contributed by atoms with van der Waals surface area (Å²) in [6, 6.07) is 0. The number of aromatic nitrogens is 1. The van der Waals surface area contributed by atoms with Crippen molar-refractivity contribution >= 4 is 26.3 Å². The van der Waals surface area contributed by atoms with E-state index in [4.69, 9.17) is 0 Å². The van der Waals surface area contributed by atoms with E-state index in [1.54, 1.807) is 11.3 Å². The van der Waals surface area contributed by atoms with Crippen molar-refractivity contribution in [1.82, 2.24) is 10.3 Å². The smallest absolute Gasteiger partial charge is 0.185 e. The van der Waals surface area contributed by atoms with Crippen LogP contribution >= 0.6 is 11.3 Å². The largest absolute Gasteiger partial charge is 0.350 e.